The molecular formula is C19H31N3S. The summed E-state index contributed by atoms with van der Waals surface area (Å²) in [5.41, 5.74) is 3.57. The van der Waals surface area contributed by atoms with Gasteiger partial charge in [-0.1, -0.05) is 19.9 Å². The molecule has 0 amide bonds. The van der Waals surface area contributed by atoms with Crippen molar-refractivity contribution >= 4 is 23.0 Å². The number of piperidine rings is 1. The molecule has 0 aliphatic carbocycles. The molecule has 1 saturated heterocycles. The van der Waals surface area contributed by atoms with Crippen LogP contribution in [0.5, 0.6) is 0 Å². The van der Waals surface area contributed by atoms with Gasteiger partial charge in [0.05, 0.1) is 0 Å². The number of hydrogen-bond acceptors (Lipinski definition) is 2. The first kappa shape index (κ1) is 18.2. The van der Waals surface area contributed by atoms with Crippen LogP contribution in [-0.2, 0) is 0 Å². The predicted molar refractivity (Wildman–Crippen MR) is 104 cm³/mol. The smallest absolute Gasteiger partial charge is 0.170 e. The summed E-state index contributed by atoms with van der Waals surface area (Å²) in [6.07, 6.45) is 2.51. The van der Waals surface area contributed by atoms with Crippen molar-refractivity contribution in [2.75, 3.05) is 31.5 Å². The fourth-order valence-corrected chi connectivity index (χ4v) is 3.92. The standard InChI is InChI=1S/C19H31N3S/c1-14-8-15(2)11-18(10-14)21-19(23)20-6-5-7-22-12-16(3)9-17(4)13-22/h8,10-11,16-17H,5-7,9,12-13H2,1-4H3,(H2,20,21,23). The van der Waals surface area contributed by atoms with E-state index in [1.165, 1.54) is 30.6 Å². The summed E-state index contributed by atoms with van der Waals surface area (Å²) >= 11 is 5.39. The molecule has 1 aromatic carbocycles. The molecule has 1 heterocycles. The molecule has 0 aromatic heterocycles. The molecule has 1 aromatic rings. The van der Waals surface area contributed by atoms with Crippen molar-refractivity contribution in [2.45, 2.75) is 40.5 Å². The highest BCUT2D eigenvalue weighted by Crippen LogP contribution is 2.20. The Morgan fingerprint density at radius 1 is 1.13 bits per heavy atom. The van der Waals surface area contributed by atoms with Crippen molar-refractivity contribution in [1.29, 1.82) is 0 Å². The van der Waals surface area contributed by atoms with Gasteiger partial charge in [-0.2, -0.15) is 0 Å². The first-order chi connectivity index (χ1) is 10.9. The van der Waals surface area contributed by atoms with Gasteiger partial charge in [-0.15, -0.1) is 0 Å². The molecule has 23 heavy (non-hydrogen) atoms. The van der Waals surface area contributed by atoms with E-state index in [0.717, 1.165) is 42.1 Å². The van der Waals surface area contributed by atoms with Crippen LogP contribution in [0.25, 0.3) is 0 Å². The van der Waals surface area contributed by atoms with Crippen LogP contribution in [0.1, 0.15) is 37.8 Å². The van der Waals surface area contributed by atoms with Gasteiger partial charge in [0.15, 0.2) is 5.11 Å². The number of nitrogens with zero attached hydrogens (tertiary/aromatic N) is 1. The van der Waals surface area contributed by atoms with E-state index in [2.05, 4.69) is 61.4 Å². The second-order valence-electron chi connectivity index (χ2n) is 7.32. The van der Waals surface area contributed by atoms with Gasteiger partial charge in [0, 0.05) is 25.3 Å². The van der Waals surface area contributed by atoms with Crippen LogP contribution >= 0.6 is 12.2 Å². The molecule has 2 N–H and O–H groups in total. The van der Waals surface area contributed by atoms with Gasteiger partial charge in [0.1, 0.15) is 0 Å². The number of likely N-dealkylation sites (tertiary alicyclic amines) is 1. The second-order valence-corrected chi connectivity index (χ2v) is 7.72. The zero-order chi connectivity index (χ0) is 16.8. The maximum Gasteiger partial charge on any atom is 0.170 e. The Morgan fingerprint density at radius 3 is 2.35 bits per heavy atom. The Kier molecular flexibility index (Phi) is 6.85. The summed E-state index contributed by atoms with van der Waals surface area (Å²) in [6.45, 7) is 13.5. The van der Waals surface area contributed by atoms with E-state index in [0.29, 0.717) is 0 Å². The second kappa shape index (κ2) is 8.65. The van der Waals surface area contributed by atoms with Gasteiger partial charge < -0.3 is 15.5 Å². The van der Waals surface area contributed by atoms with Crippen LogP contribution in [0, 0.1) is 25.7 Å². The van der Waals surface area contributed by atoms with Crippen molar-refractivity contribution < 1.29 is 0 Å². The summed E-state index contributed by atoms with van der Waals surface area (Å²) < 4.78 is 0. The monoisotopic (exact) mass is 333 g/mol. The Labute approximate surface area is 146 Å². The van der Waals surface area contributed by atoms with Crippen LogP contribution in [0.2, 0.25) is 0 Å². The third-order valence-electron chi connectivity index (χ3n) is 4.36. The SMILES string of the molecule is Cc1cc(C)cc(NC(=S)NCCCN2CC(C)CC(C)C2)c1. The zero-order valence-electron chi connectivity index (χ0n) is 15.0. The molecule has 2 unspecified atom stereocenters. The Bertz CT molecular complexity index is 499. The third-order valence-corrected chi connectivity index (χ3v) is 4.61. The molecule has 3 nitrogen and oxygen atoms in total. The number of hydrogen-bond donors (Lipinski definition) is 2. The fourth-order valence-electron chi connectivity index (χ4n) is 3.70. The minimum atomic E-state index is 0.718. The quantitative estimate of drug-likeness (QED) is 0.630. The highest BCUT2D eigenvalue weighted by Gasteiger charge is 2.20. The molecular weight excluding hydrogens is 302 g/mol. The first-order valence-corrected chi connectivity index (χ1v) is 9.18. The molecule has 0 spiro atoms. The van der Waals surface area contributed by atoms with Crippen molar-refractivity contribution in [3.05, 3.63) is 29.3 Å². The first-order valence-electron chi connectivity index (χ1n) is 8.78. The minimum absolute atomic E-state index is 0.718. The van der Waals surface area contributed by atoms with Crippen LogP contribution < -0.4 is 10.6 Å². The lowest BCUT2D eigenvalue weighted by Gasteiger charge is -2.35. The summed E-state index contributed by atoms with van der Waals surface area (Å²) in [5, 5.41) is 7.33. The lowest BCUT2D eigenvalue weighted by atomic mass is 9.92. The Morgan fingerprint density at radius 2 is 1.74 bits per heavy atom. The van der Waals surface area contributed by atoms with Crippen molar-refractivity contribution in [3.8, 4) is 0 Å². The molecule has 2 atom stereocenters. The molecule has 1 aliphatic rings. The average molecular weight is 334 g/mol. The Balaban J connectivity index is 1.66. The summed E-state index contributed by atoms with van der Waals surface area (Å²) in [5.74, 6) is 1.66. The van der Waals surface area contributed by atoms with Gasteiger partial charge in [-0.3, -0.25) is 0 Å². The highest BCUT2D eigenvalue weighted by atomic mass is 32.1. The van der Waals surface area contributed by atoms with Gasteiger partial charge in [-0.05, 0) is 80.5 Å². The van der Waals surface area contributed by atoms with E-state index in [4.69, 9.17) is 12.2 Å². The van der Waals surface area contributed by atoms with Crippen LogP contribution in [0.3, 0.4) is 0 Å². The molecule has 0 saturated carbocycles. The topological polar surface area (TPSA) is 27.3 Å². The average Bonchev–Trinajstić information content (AvgIpc) is 2.41. The van der Waals surface area contributed by atoms with Crippen molar-refractivity contribution in [2.24, 2.45) is 11.8 Å². The van der Waals surface area contributed by atoms with E-state index >= 15 is 0 Å². The molecule has 2 rings (SSSR count). The number of rotatable bonds is 5. The zero-order valence-corrected chi connectivity index (χ0v) is 15.8. The summed E-state index contributed by atoms with van der Waals surface area (Å²) in [7, 11) is 0. The van der Waals surface area contributed by atoms with Gasteiger partial charge in [0.2, 0.25) is 0 Å². The van der Waals surface area contributed by atoms with Crippen LogP contribution in [-0.4, -0.2) is 36.2 Å². The number of anilines is 1. The van der Waals surface area contributed by atoms with Gasteiger partial charge in [0.25, 0.3) is 0 Å². The fraction of sp³-hybridized carbons (Fsp3) is 0.632. The maximum atomic E-state index is 5.39. The molecule has 128 valence electrons. The molecule has 0 bridgehead atoms. The van der Waals surface area contributed by atoms with Gasteiger partial charge >= 0.3 is 0 Å². The Hall–Kier alpha value is -1.13. The number of aryl methyl sites for hydroxylation is 2. The molecule has 4 heteroatoms. The number of benzene rings is 1. The summed E-state index contributed by atoms with van der Waals surface area (Å²) in [6, 6.07) is 6.41. The molecule has 0 radical (unpaired) electrons. The highest BCUT2D eigenvalue weighted by molar-refractivity contribution is 7.80. The largest absolute Gasteiger partial charge is 0.362 e. The van der Waals surface area contributed by atoms with E-state index in [-0.39, 0.29) is 0 Å². The minimum Gasteiger partial charge on any atom is -0.362 e. The van der Waals surface area contributed by atoms with E-state index < -0.39 is 0 Å². The number of nitrogens with one attached hydrogen (secondary N) is 2. The summed E-state index contributed by atoms with van der Waals surface area (Å²) in [4.78, 5) is 2.60. The van der Waals surface area contributed by atoms with Crippen LogP contribution in [0.4, 0.5) is 5.69 Å². The van der Waals surface area contributed by atoms with E-state index in [1.54, 1.807) is 0 Å². The van der Waals surface area contributed by atoms with Crippen molar-refractivity contribution in [1.82, 2.24) is 10.2 Å². The normalized spacial score (nSPS) is 21.9. The third kappa shape index (κ3) is 6.48. The lowest BCUT2D eigenvalue weighted by molar-refractivity contribution is 0.140. The molecule has 1 aliphatic heterocycles. The van der Waals surface area contributed by atoms with E-state index in [9.17, 15) is 0 Å². The maximum absolute atomic E-state index is 5.39. The van der Waals surface area contributed by atoms with Crippen molar-refractivity contribution in [3.63, 3.8) is 0 Å². The number of thiocarbonyl (C=S) groups is 1. The van der Waals surface area contributed by atoms with Crippen LogP contribution in [0.15, 0.2) is 18.2 Å². The molecule has 1 fully saturated rings. The van der Waals surface area contributed by atoms with Gasteiger partial charge in [-0.25, -0.2) is 0 Å². The van der Waals surface area contributed by atoms with E-state index in [1.807, 2.05) is 0 Å². The lowest BCUT2D eigenvalue weighted by Crippen LogP contribution is -2.40. The predicted octanol–water partition coefficient (Wildman–Crippen LogP) is 3.96.